The van der Waals surface area contributed by atoms with Gasteiger partial charge in [-0.1, -0.05) is 6.07 Å². The summed E-state index contributed by atoms with van der Waals surface area (Å²) in [4.78, 5) is 10.2. The van der Waals surface area contributed by atoms with E-state index in [2.05, 4.69) is 0 Å². The van der Waals surface area contributed by atoms with Crippen LogP contribution in [-0.4, -0.2) is 23.9 Å². The molecule has 0 bridgehead atoms. The lowest BCUT2D eigenvalue weighted by Gasteiger charge is -2.04. The maximum Gasteiger partial charge on any atom is 0.298 e. The van der Waals surface area contributed by atoms with Gasteiger partial charge in [0.1, 0.15) is 10.6 Å². The fourth-order valence-corrected chi connectivity index (χ4v) is 1.62. The van der Waals surface area contributed by atoms with Crippen molar-refractivity contribution in [3.8, 4) is 5.75 Å². The van der Waals surface area contributed by atoms with Crippen molar-refractivity contribution in [2.75, 3.05) is 0 Å². The van der Waals surface area contributed by atoms with Crippen molar-refractivity contribution in [2.45, 2.75) is 11.8 Å². The zero-order valence-corrected chi connectivity index (χ0v) is 8.08. The number of para-hydroxylation sites is 1. The maximum atomic E-state index is 10.9. The van der Waals surface area contributed by atoms with Crippen LogP contribution in [0, 0.1) is 0 Å². The Morgan fingerprint density at radius 3 is 2.36 bits per heavy atom. The first-order valence-corrected chi connectivity index (χ1v) is 5.08. The Hall–Kier alpha value is -1.40. The molecule has 0 fully saturated rings. The van der Waals surface area contributed by atoms with E-state index in [0.717, 1.165) is 6.07 Å². The molecule has 0 aliphatic carbocycles. The molecule has 0 aliphatic heterocycles. The Labute approximate surface area is 80.7 Å². The third kappa shape index (κ3) is 1.91. The number of ketones is 1. The highest BCUT2D eigenvalue weighted by Gasteiger charge is 2.19. The number of phenols is 1. The van der Waals surface area contributed by atoms with E-state index in [0.29, 0.717) is 0 Å². The summed E-state index contributed by atoms with van der Waals surface area (Å²) in [5.41, 5.74) is -0.139. The molecule has 1 rings (SSSR count). The van der Waals surface area contributed by atoms with E-state index in [9.17, 15) is 18.3 Å². The van der Waals surface area contributed by atoms with E-state index in [1.54, 1.807) is 0 Å². The number of rotatable bonds is 2. The van der Waals surface area contributed by atoms with Gasteiger partial charge in [0.2, 0.25) is 0 Å². The van der Waals surface area contributed by atoms with Crippen LogP contribution in [0.2, 0.25) is 0 Å². The van der Waals surface area contributed by atoms with Crippen LogP contribution < -0.4 is 0 Å². The molecule has 6 heteroatoms. The van der Waals surface area contributed by atoms with Crippen LogP contribution in [0.4, 0.5) is 0 Å². The van der Waals surface area contributed by atoms with Crippen LogP contribution in [-0.2, 0) is 10.1 Å². The minimum Gasteiger partial charge on any atom is -0.506 e. The number of carbonyl (C=O) groups is 1. The van der Waals surface area contributed by atoms with Crippen molar-refractivity contribution < 1.29 is 22.9 Å². The number of hydrogen-bond acceptors (Lipinski definition) is 4. The van der Waals surface area contributed by atoms with Crippen LogP contribution in [0.3, 0.4) is 0 Å². The zero-order chi connectivity index (χ0) is 10.9. The molecule has 1 aromatic rings. The van der Waals surface area contributed by atoms with Crippen LogP contribution in [0.25, 0.3) is 0 Å². The first-order valence-electron chi connectivity index (χ1n) is 3.64. The second-order valence-electron chi connectivity index (χ2n) is 2.68. The summed E-state index contributed by atoms with van der Waals surface area (Å²) >= 11 is 0. The van der Waals surface area contributed by atoms with E-state index in [4.69, 9.17) is 4.55 Å². The number of Topliss-reactive ketones (excluding diaryl/α,β-unsaturated/α-hetero) is 1. The zero-order valence-electron chi connectivity index (χ0n) is 7.26. The third-order valence-electron chi connectivity index (χ3n) is 1.66. The predicted molar refractivity (Wildman–Crippen MR) is 47.9 cm³/mol. The van der Waals surface area contributed by atoms with Crippen molar-refractivity contribution in [3.05, 3.63) is 23.8 Å². The minimum atomic E-state index is -4.49. The molecule has 0 heterocycles. The number of aromatic hydroxyl groups is 1. The molecule has 0 radical (unpaired) electrons. The Morgan fingerprint density at radius 2 is 1.93 bits per heavy atom. The Kier molecular flexibility index (Phi) is 2.59. The van der Waals surface area contributed by atoms with Gasteiger partial charge in [0.25, 0.3) is 10.1 Å². The number of hydrogen-bond donors (Lipinski definition) is 2. The summed E-state index contributed by atoms with van der Waals surface area (Å²) in [7, 11) is -4.49. The molecule has 1 aromatic carbocycles. The number of carbonyl (C=O) groups excluding carboxylic acids is 1. The van der Waals surface area contributed by atoms with Crippen LogP contribution in [0.5, 0.6) is 5.75 Å². The molecule has 0 saturated heterocycles. The summed E-state index contributed by atoms with van der Waals surface area (Å²) in [6.45, 7) is 1.18. The molecule has 0 atom stereocenters. The van der Waals surface area contributed by atoms with Gasteiger partial charge < -0.3 is 5.11 Å². The maximum absolute atomic E-state index is 10.9. The van der Waals surface area contributed by atoms with E-state index >= 15 is 0 Å². The third-order valence-corrected chi connectivity index (χ3v) is 2.54. The first-order chi connectivity index (χ1) is 6.34. The summed E-state index contributed by atoms with van der Waals surface area (Å²) < 4.78 is 30.1. The van der Waals surface area contributed by atoms with Crippen molar-refractivity contribution in [1.82, 2.24) is 0 Å². The SMILES string of the molecule is CC(=O)c1cccc(S(=O)(=O)O)c1O. The van der Waals surface area contributed by atoms with E-state index in [1.807, 2.05) is 0 Å². The molecule has 14 heavy (non-hydrogen) atoms. The minimum absolute atomic E-state index is 0.139. The largest absolute Gasteiger partial charge is 0.506 e. The quantitative estimate of drug-likeness (QED) is 0.564. The van der Waals surface area contributed by atoms with Crippen molar-refractivity contribution >= 4 is 15.9 Å². The second kappa shape index (κ2) is 3.39. The highest BCUT2D eigenvalue weighted by atomic mass is 32.2. The van der Waals surface area contributed by atoms with E-state index < -0.39 is 26.5 Å². The van der Waals surface area contributed by atoms with Crippen LogP contribution in [0.15, 0.2) is 23.1 Å². The summed E-state index contributed by atoms with van der Waals surface area (Å²) in [5.74, 6) is -1.20. The van der Waals surface area contributed by atoms with Crippen LogP contribution in [0.1, 0.15) is 17.3 Å². The molecular formula is C8H8O5S. The topological polar surface area (TPSA) is 91.7 Å². The van der Waals surface area contributed by atoms with Gasteiger partial charge in [-0.15, -0.1) is 0 Å². The highest BCUT2D eigenvalue weighted by Crippen LogP contribution is 2.26. The van der Waals surface area contributed by atoms with Gasteiger partial charge in [-0.25, -0.2) is 0 Å². The van der Waals surface area contributed by atoms with Gasteiger partial charge in [0.15, 0.2) is 5.78 Å². The summed E-state index contributed by atoms with van der Waals surface area (Å²) in [5, 5.41) is 9.33. The van der Waals surface area contributed by atoms with Gasteiger partial charge in [0, 0.05) is 0 Å². The smallest absolute Gasteiger partial charge is 0.298 e. The van der Waals surface area contributed by atoms with Gasteiger partial charge in [-0.3, -0.25) is 9.35 Å². The Bertz CT molecular complexity index is 475. The lowest BCUT2D eigenvalue weighted by Crippen LogP contribution is -2.02. The van der Waals surface area contributed by atoms with Gasteiger partial charge in [-0.05, 0) is 19.1 Å². The molecule has 5 nitrogen and oxygen atoms in total. The molecule has 0 aromatic heterocycles. The molecule has 2 N–H and O–H groups in total. The first kappa shape index (κ1) is 10.7. The molecular weight excluding hydrogens is 208 g/mol. The van der Waals surface area contributed by atoms with Crippen molar-refractivity contribution in [3.63, 3.8) is 0 Å². The monoisotopic (exact) mass is 216 g/mol. The normalized spacial score (nSPS) is 11.3. The van der Waals surface area contributed by atoms with Gasteiger partial charge in [-0.2, -0.15) is 8.42 Å². The lowest BCUT2D eigenvalue weighted by molar-refractivity contribution is 0.101. The van der Waals surface area contributed by atoms with Crippen molar-refractivity contribution in [2.24, 2.45) is 0 Å². The fraction of sp³-hybridized carbons (Fsp3) is 0.125. The number of phenolic OH excluding ortho intramolecular Hbond substituents is 1. The summed E-state index contributed by atoms with van der Waals surface area (Å²) in [6, 6.07) is 3.54. The molecule has 0 saturated carbocycles. The van der Waals surface area contributed by atoms with Crippen LogP contribution >= 0.6 is 0 Å². The van der Waals surface area contributed by atoms with Crippen molar-refractivity contribution in [1.29, 1.82) is 0 Å². The Balaban J connectivity index is 3.51. The van der Waals surface area contributed by atoms with Gasteiger partial charge >= 0.3 is 0 Å². The average molecular weight is 216 g/mol. The number of benzene rings is 1. The highest BCUT2D eigenvalue weighted by molar-refractivity contribution is 7.86. The fourth-order valence-electron chi connectivity index (χ4n) is 1.01. The Morgan fingerprint density at radius 1 is 1.36 bits per heavy atom. The molecule has 0 amide bonds. The molecule has 76 valence electrons. The lowest BCUT2D eigenvalue weighted by atomic mass is 10.1. The summed E-state index contributed by atoms with van der Waals surface area (Å²) in [6.07, 6.45) is 0. The second-order valence-corrected chi connectivity index (χ2v) is 4.07. The molecule has 0 unspecified atom stereocenters. The van der Waals surface area contributed by atoms with E-state index in [-0.39, 0.29) is 5.56 Å². The molecule has 0 aliphatic rings. The van der Waals surface area contributed by atoms with E-state index in [1.165, 1.54) is 19.1 Å². The standard InChI is InChI=1S/C8H8O5S/c1-5(9)6-3-2-4-7(8(6)10)14(11,12)13/h2-4,10H,1H3,(H,11,12,13). The average Bonchev–Trinajstić information content (AvgIpc) is 2.01. The predicted octanol–water partition coefficient (Wildman–Crippen LogP) is 0.842. The molecule has 0 spiro atoms. The van der Waals surface area contributed by atoms with Gasteiger partial charge in [0.05, 0.1) is 5.56 Å².